The van der Waals surface area contributed by atoms with Crippen molar-refractivity contribution in [1.29, 1.82) is 0 Å². The maximum Gasteiger partial charge on any atom is 0.338 e. The second-order valence-electron chi connectivity index (χ2n) is 9.18. The number of allylic oxidation sites excluding steroid dienone is 1. The van der Waals surface area contributed by atoms with Gasteiger partial charge in [0.1, 0.15) is 6.04 Å². The molecule has 3 aromatic carbocycles. The van der Waals surface area contributed by atoms with E-state index >= 15 is 0 Å². The Morgan fingerprint density at radius 1 is 0.974 bits per heavy atom. The number of hydrogen-bond acceptors (Lipinski definition) is 6. The number of anilines is 2. The summed E-state index contributed by atoms with van der Waals surface area (Å²) in [5.41, 5.74) is 5.23. The number of benzene rings is 3. The molecule has 0 aromatic heterocycles. The number of fused-ring (bicyclic) bond motifs is 1. The molecule has 0 N–H and O–H groups in total. The summed E-state index contributed by atoms with van der Waals surface area (Å²) in [5, 5.41) is 0.675. The van der Waals surface area contributed by atoms with Crippen LogP contribution in [0.3, 0.4) is 0 Å². The number of amides is 1. The van der Waals surface area contributed by atoms with Crippen LogP contribution in [0.5, 0.6) is 0 Å². The molecule has 0 unspecified atom stereocenters. The fourth-order valence-corrected chi connectivity index (χ4v) is 5.98. The molecule has 0 bridgehead atoms. The number of carbonyl (C=O) groups excluding carboxylic acids is 2. The number of amidine groups is 1. The first-order valence-electron chi connectivity index (χ1n) is 13.0. The summed E-state index contributed by atoms with van der Waals surface area (Å²) in [6.07, 6.45) is 1.94. The first-order valence-corrected chi connectivity index (χ1v) is 13.9. The number of carbonyl (C=O) groups is 2. The summed E-state index contributed by atoms with van der Waals surface area (Å²) in [6, 6.07) is 27.2. The molecule has 0 radical (unpaired) electrons. The fourth-order valence-electron chi connectivity index (χ4n) is 5.02. The number of rotatable bonds is 6. The highest BCUT2D eigenvalue weighted by Crippen LogP contribution is 2.39. The zero-order chi connectivity index (χ0) is 26.5. The number of hydrogen-bond donors (Lipinski definition) is 0. The Balaban J connectivity index is 1.50. The van der Waals surface area contributed by atoms with Crippen LogP contribution in [0.1, 0.15) is 37.4 Å². The van der Waals surface area contributed by atoms with E-state index in [1.807, 2.05) is 95.6 Å². The van der Waals surface area contributed by atoms with Gasteiger partial charge in [-0.3, -0.25) is 9.69 Å². The smallest absolute Gasteiger partial charge is 0.338 e. The van der Waals surface area contributed by atoms with E-state index in [0.29, 0.717) is 17.3 Å². The van der Waals surface area contributed by atoms with Crippen molar-refractivity contribution in [3.63, 3.8) is 0 Å². The number of aliphatic imine (C=N–C) groups is 1. The fraction of sp³-hybridized carbons (Fsp3) is 0.258. The van der Waals surface area contributed by atoms with Crippen LogP contribution in [0.15, 0.2) is 101 Å². The molecule has 7 heteroatoms. The number of para-hydroxylation sites is 2. The predicted molar refractivity (Wildman–Crippen MR) is 154 cm³/mol. The maximum absolute atomic E-state index is 13.5. The van der Waals surface area contributed by atoms with Gasteiger partial charge >= 0.3 is 5.97 Å². The average Bonchev–Trinajstić information content (AvgIpc) is 2.96. The molecule has 38 heavy (non-hydrogen) atoms. The van der Waals surface area contributed by atoms with Gasteiger partial charge in [-0.05, 0) is 56.0 Å². The largest absolute Gasteiger partial charge is 0.463 e. The second-order valence-corrected chi connectivity index (χ2v) is 10.1. The van der Waals surface area contributed by atoms with Crippen LogP contribution >= 0.6 is 11.8 Å². The Kier molecular flexibility index (Phi) is 7.94. The maximum atomic E-state index is 13.5. The van der Waals surface area contributed by atoms with E-state index in [9.17, 15) is 9.59 Å². The third kappa shape index (κ3) is 5.24. The summed E-state index contributed by atoms with van der Waals surface area (Å²) >= 11 is 1.40. The van der Waals surface area contributed by atoms with Gasteiger partial charge in [0.05, 0.1) is 17.9 Å². The molecule has 0 spiro atoms. The molecule has 0 saturated heterocycles. The number of ether oxygens (including phenoxy) is 1. The Labute approximate surface area is 228 Å². The van der Waals surface area contributed by atoms with Gasteiger partial charge in [0, 0.05) is 23.6 Å². The van der Waals surface area contributed by atoms with E-state index < -0.39 is 6.04 Å². The van der Waals surface area contributed by atoms with Crippen molar-refractivity contribution in [2.75, 3.05) is 28.7 Å². The summed E-state index contributed by atoms with van der Waals surface area (Å²) in [6.45, 7) is 4.72. The van der Waals surface area contributed by atoms with Crippen LogP contribution in [-0.4, -0.2) is 35.9 Å². The molecule has 0 saturated carbocycles. The highest BCUT2D eigenvalue weighted by Gasteiger charge is 2.35. The number of aryl methyl sites for hydroxylation is 1. The number of esters is 1. The summed E-state index contributed by atoms with van der Waals surface area (Å²) in [7, 11) is 0. The van der Waals surface area contributed by atoms with Crippen molar-refractivity contribution in [2.24, 2.45) is 4.99 Å². The molecule has 2 heterocycles. The monoisotopic (exact) mass is 525 g/mol. The predicted octanol–water partition coefficient (Wildman–Crippen LogP) is 6.15. The molecule has 1 amide bonds. The highest BCUT2D eigenvalue weighted by atomic mass is 32.2. The standard InChI is InChI=1S/C31H31N3O3S/c1-3-37-30(36)28-22(2)34(25-17-8-5-9-18-25)31(32-29(28)24-14-6-4-7-15-24)38-21-27(35)33-20-12-16-23-13-10-11-19-26(23)33/h4-11,13-15,17-19,29H,3,12,16,20-21H2,1-2H3/t29-/m1/s1. The van der Waals surface area contributed by atoms with Gasteiger partial charge in [-0.25, -0.2) is 9.79 Å². The van der Waals surface area contributed by atoms with Crippen LogP contribution in [-0.2, 0) is 20.7 Å². The first-order chi connectivity index (χ1) is 18.6. The Bertz CT molecular complexity index is 1370. The third-order valence-corrected chi connectivity index (χ3v) is 7.73. The summed E-state index contributed by atoms with van der Waals surface area (Å²) in [5.74, 6) is -0.0967. The molecule has 0 fully saturated rings. The Hall–Kier alpha value is -3.84. The zero-order valence-electron chi connectivity index (χ0n) is 21.7. The molecule has 0 aliphatic carbocycles. The molecule has 6 nitrogen and oxygen atoms in total. The van der Waals surface area contributed by atoms with E-state index in [1.165, 1.54) is 17.3 Å². The topological polar surface area (TPSA) is 62.2 Å². The molecule has 5 rings (SSSR count). The van der Waals surface area contributed by atoms with Crippen molar-refractivity contribution in [2.45, 2.75) is 32.7 Å². The summed E-state index contributed by atoms with van der Waals surface area (Å²) < 4.78 is 5.47. The van der Waals surface area contributed by atoms with E-state index in [4.69, 9.17) is 9.73 Å². The summed E-state index contributed by atoms with van der Waals surface area (Å²) in [4.78, 5) is 35.6. The van der Waals surface area contributed by atoms with Gasteiger partial charge in [0.15, 0.2) is 5.17 Å². The number of thioether (sulfide) groups is 1. The lowest BCUT2D eigenvalue weighted by atomic mass is 9.96. The van der Waals surface area contributed by atoms with Crippen molar-refractivity contribution in [1.82, 2.24) is 0 Å². The van der Waals surface area contributed by atoms with Crippen molar-refractivity contribution in [3.8, 4) is 0 Å². The van der Waals surface area contributed by atoms with Gasteiger partial charge in [-0.15, -0.1) is 0 Å². The lowest BCUT2D eigenvalue weighted by Gasteiger charge is -2.35. The third-order valence-electron chi connectivity index (χ3n) is 6.79. The SMILES string of the molecule is CCOC(=O)C1=C(C)N(c2ccccc2)C(SCC(=O)N2CCCc3ccccc32)=N[C@@H]1c1ccccc1. The van der Waals surface area contributed by atoms with Crippen LogP contribution in [0.2, 0.25) is 0 Å². The van der Waals surface area contributed by atoms with Crippen molar-refractivity contribution in [3.05, 3.63) is 107 Å². The van der Waals surface area contributed by atoms with Crippen LogP contribution in [0.4, 0.5) is 11.4 Å². The molecule has 1 atom stereocenters. The van der Waals surface area contributed by atoms with Gasteiger partial charge in [-0.1, -0.05) is 78.5 Å². The highest BCUT2D eigenvalue weighted by molar-refractivity contribution is 8.14. The first kappa shape index (κ1) is 25.8. The van der Waals surface area contributed by atoms with Crippen LogP contribution < -0.4 is 9.80 Å². The van der Waals surface area contributed by atoms with Gasteiger partial charge in [0.25, 0.3) is 0 Å². The Morgan fingerprint density at radius 3 is 2.39 bits per heavy atom. The van der Waals surface area contributed by atoms with Gasteiger partial charge in [0.2, 0.25) is 5.91 Å². The molecular weight excluding hydrogens is 494 g/mol. The van der Waals surface area contributed by atoms with E-state index in [-0.39, 0.29) is 24.2 Å². The van der Waals surface area contributed by atoms with Crippen LogP contribution in [0.25, 0.3) is 0 Å². The minimum Gasteiger partial charge on any atom is -0.463 e. The van der Waals surface area contributed by atoms with Gasteiger partial charge in [-0.2, -0.15) is 0 Å². The van der Waals surface area contributed by atoms with Gasteiger partial charge < -0.3 is 9.64 Å². The molecule has 194 valence electrons. The van der Waals surface area contributed by atoms with Crippen molar-refractivity contribution >= 4 is 40.2 Å². The van der Waals surface area contributed by atoms with Crippen molar-refractivity contribution < 1.29 is 14.3 Å². The van der Waals surface area contributed by atoms with E-state index in [0.717, 1.165) is 35.5 Å². The average molecular weight is 526 g/mol. The molecular formula is C31H31N3O3S. The molecule has 2 aliphatic heterocycles. The molecule has 2 aliphatic rings. The number of nitrogens with zero attached hydrogens (tertiary/aromatic N) is 3. The minimum absolute atomic E-state index is 0.0481. The minimum atomic E-state index is -0.525. The van der Waals surface area contributed by atoms with E-state index in [1.54, 1.807) is 6.92 Å². The normalized spacial score (nSPS) is 17.1. The lowest BCUT2D eigenvalue weighted by Crippen LogP contribution is -2.39. The lowest BCUT2D eigenvalue weighted by molar-refractivity contribution is -0.139. The molecule has 3 aromatic rings. The van der Waals surface area contributed by atoms with E-state index in [2.05, 4.69) is 6.07 Å². The zero-order valence-corrected chi connectivity index (χ0v) is 22.5. The van der Waals surface area contributed by atoms with Crippen LogP contribution in [0, 0.1) is 0 Å². The Morgan fingerprint density at radius 2 is 1.66 bits per heavy atom. The second kappa shape index (κ2) is 11.7. The quantitative estimate of drug-likeness (QED) is 0.361.